The van der Waals surface area contributed by atoms with Gasteiger partial charge in [0.15, 0.2) is 0 Å². The average molecular weight is 377 g/mol. The van der Waals surface area contributed by atoms with E-state index < -0.39 is 0 Å². The topological polar surface area (TPSA) is 34.0 Å². The first-order valence-electron chi connectivity index (χ1n) is 9.27. The monoisotopic (exact) mass is 376 g/mol. The van der Waals surface area contributed by atoms with E-state index in [1.807, 2.05) is 18.6 Å². The van der Waals surface area contributed by atoms with Crippen LogP contribution < -0.4 is 0 Å². The number of aromatic nitrogens is 3. The second-order valence-electron chi connectivity index (χ2n) is 7.01. The highest BCUT2D eigenvalue weighted by molar-refractivity contribution is 7.21. The molecule has 0 radical (unpaired) electrons. The lowest BCUT2D eigenvalue weighted by molar-refractivity contribution is 0.227. The zero-order chi connectivity index (χ0) is 18.8. The van der Waals surface area contributed by atoms with Crippen LogP contribution in [0.5, 0.6) is 0 Å². The van der Waals surface area contributed by atoms with E-state index in [0.717, 1.165) is 16.9 Å². The summed E-state index contributed by atoms with van der Waals surface area (Å²) in [6, 6.07) is 17.7. The van der Waals surface area contributed by atoms with Crippen LogP contribution in [0.1, 0.15) is 24.9 Å². The number of hydrogen-bond acceptors (Lipinski definition) is 4. The Hall–Kier alpha value is -2.50. The zero-order valence-electron chi connectivity index (χ0n) is 15.9. The zero-order valence-corrected chi connectivity index (χ0v) is 16.7. The van der Waals surface area contributed by atoms with E-state index in [1.54, 1.807) is 11.3 Å². The van der Waals surface area contributed by atoms with Crippen LogP contribution in [0.25, 0.3) is 20.8 Å². The lowest BCUT2D eigenvalue weighted by Gasteiger charge is -2.33. The molecular formula is C22H24N4S. The van der Waals surface area contributed by atoms with Crippen molar-refractivity contribution in [2.75, 3.05) is 14.1 Å². The minimum atomic E-state index is 0.221. The summed E-state index contributed by atoms with van der Waals surface area (Å²) in [5.74, 6) is 0. The molecule has 0 aliphatic heterocycles. The lowest BCUT2D eigenvalue weighted by atomic mass is 9.96. The third-order valence-corrected chi connectivity index (χ3v) is 6.13. The number of likely N-dealkylation sites (N-methyl/N-ethyl adjacent to an activating group) is 1. The first-order chi connectivity index (χ1) is 13.2. The lowest BCUT2D eigenvalue weighted by Crippen LogP contribution is -2.36. The van der Waals surface area contributed by atoms with Crippen LogP contribution >= 0.6 is 11.3 Å². The average Bonchev–Trinajstić information content (AvgIpc) is 3.35. The third-order valence-electron chi connectivity index (χ3n) is 5.07. The molecule has 2 aromatic carbocycles. The summed E-state index contributed by atoms with van der Waals surface area (Å²) in [5, 5.41) is 1.07. The number of nitrogens with zero attached hydrogens (tertiary/aromatic N) is 4. The molecule has 0 aliphatic carbocycles. The number of thiazole rings is 1. The number of imidazole rings is 1. The number of benzene rings is 2. The van der Waals surface area contributed by atoms with E-state index >= 15 is 0 Å². The Balaban J connectivity index is 1.79. The van der Waals surface area contributed by atoms with Gasteiger partial charge in [-0.05, 0) is 38.2 Å². The summed E-state index contributed by atoms with van der Waals surface area (Å²) in [7, 11) is 4.30. The molecule has 2 heterocycles. The largest absolute Gasteiger partial charge is 0.328 e. The van der Waals surface area contributed by atoms with Crippen LogP contribution in [0.2, 0.25) is 0 Å². The van der Waals surface area contributed by atoms with Gasteiger partial charge in [-0.1, -0.05) is 43.3 Å². The highest BCUT2D eigenvalue weighted by Crippen LogP contribution is 2.34. The number of fused-ring (bicyclic) bond motifs is 1. The smallest absolute Gasteiger partial charge is 0.124 e. The van der Waals surface area contributed by atoms with Crippen molar-refractivity contribution >= 4 is 21.6 Å². The molecule has 4 nitrogen and oxygen atoms in total. The van der Waals surface area contributed by atoms with E-state index in [1.165, 1.54) is 15.8 Å². The van der Waals surface area contributed by atoms with Crippen LogP contribution in [0.4, 0.5) is 0 Å². The summed E-state index contributed by atoms with van der Waals surface area (Å²) in [5.41, 5.74) is 3.53. The number of hydrogen-bond donors (Lipinski definition) is 0. The Bertz CT molecular complexity index is 1010. The van der Waals surface area contributed by atoms with E-state index in [-0.39, 0.29) is 6.04 Å². The molecule has 0 spiro atoms. The Labute approximate surface area is 164 Å². The molecule has 2 atom stereocenters. The van der Waals surface area contributed by atoms with Crippen molar-refractivity contribution in [2.45, 2.75) is 25.4 Å². The summed E-state index contributed by atoms with van der Waals surface area (Å²) in [6.07, 6.45) is 6.89. The maximum absolute atomic E-state index is 4.84. The molecule has 2 unspecified atom stereocenters. The van der Waals surface area contributed by atoms with Gasteiger partial charge in [0.25, 0.3) is 0 Å². The van der Waals surface area contributed by atoms with Crippen molar-refractivity contribution in [3.63, 3.8) is 0 Å². The molecule has 0 fully saturated rings. The molecule has 27 heavy (non-hydrogen) atoms. The molecule has 2 aromatic heterocycles. The van der Waals surface area contributed by atoms with Crippen LogP contribution in [-0.4, -0.2) is 39.6 Å². The molecule has 0 aliphatic rings. The van der Waals surface area contributed by atoms with Gasteiger partial charge < -0.3 is 9.47 Å². The Morgan fingerprint density at radius 1 is 1.11 bits per heavy atom. The summed E-state index contributed by atoms with van der Waals surface area (Å²) in [6.45, 7) is 2.24. The molecule has 4 rings (SSSR count). The maximum atomic E-state index is 4.84. The SMILES string of the molecule is CCC(C(c1ccc2nc(-c3ccccc3)sc2c1)n1ccnc1)N(C)C. The van der Waals surface area contributed by atoms with E-state index in [9.17, 15) is 0 Å². The fourth-order valence-corrected chi connectivity index (χ4v) is 4.75. The first-order valence-corrected chi connectivity index (χ1v) is 10.1. The van der Waals surface area contributed by atoms with Crippen molar-refractivity contribution in [3.05, 3.63) is 72.8 Å². The van der Waals surface area contributed by atoms with Gasteiger partial charge in [-0.25, -0.2) is 9.97 Å². The molecule has 5 heteroatoms. The van der Waals surface area contributed by atoms with Gasteiger partial charge in [0.2, 0.25) is 0 Å². The second-order valence-corrected chi connectivity index (χ2v) is 8.04. The molecular weight excluding hydrogens is 352 g/mol. The van der Waals surface area contributed by atoms with Crippen LogP contribution in [0.3, 0.4) is 0 Å². The normalized spacial score (nSPS) is 13.9. The molecule has 0 saturated carbocycles. The van der Waals surface area contributed by atoms with Crippen molar-refractivity contribution in [3.8, 4) is 10.6 Å². The van der Waals surface area contributed by atoms with Gasteiger partial charge in [-0.2, -0.15) is 0 Å². The first kappa shape index (κ1) is 17.9. The highest BCUT2D eigenvalue weighted by atomic mass is 32.1. The fourth-order valence-electron chi connectivity index (χ4n) is 3.73. The Kier molecular flexibility index (Phi) is 5.05. The molecule has 0 N–H and O–H groups in total. The van der Waals surface area contributed by atoms with Crippen molar-refractivity contribution in [1.82, 2.24) is 19.4 Å². The molecule has 0 saturated heterocycles. The predicted molar refractivity (Wildman–Crippen MR) is 113 cm³/mol. The molecule has 0 amide bonds. The van der Waals surface area contributed by atoms with E-state index in [0.29, 0.717) is 6.04 Å². The Morgan fingerprint density at radius 2 is 1.93 bits per heavy atom. The van der Waals surface area contributed by atoms with Gasteiger partial charge in [0.1, 0.15) is 5.01 Å². The van der Waals surface area contributed by atoms with Gasteiger partial charge in [-0.15, -0.1) is 11.3 Å². The number of rotatable bonds is 6. The quantitative estimate of drug-likeness (QED) is 0.470. The molecule has 0 bridgehead atoms. The van der Waals surface area contributed by atoms with E-state index in [4.69, 9.17) is 4.98 Å². The van der Waals surface area contributed by atoms with Crippen molar-refractivity contribution in [2.24, 2.45) is 0 Å². The van der Waals surface area contributed by atoms with Gasteiger partial charge in [0, 0.05) is 24.0 Å². The second kappa shape index (κ2) is 7.62. The molecule has 4 aromatic rings. The van der Waals surface area contributed by atoms with Crippen LogP contribution in [-0.2, 0) is 0 Å². The molecule has 138 valence electrons. The minimum absolute atomic E-state index is 0.221. The standard InChI is InChI=1S/C22H24N4S/c1-4-19(25(2)3)21(26-13-12-23-15-26)17-10-11-18-20(14-17)27-22(24-18)16-8-6-5-7-9-16/h5-15,19,21H,4H2,1-3H3. The fraction of sp³-hybridized carbons (Fsp3) is 0.273. The predicted octanol–water partition coefficient (Wildman–Crippen LogP) is 5.09. The summed E-state index contributed by atoms with van der Waals surface area (Å²) >= 11 is 1.76. The van der Waals surface area contributed by atoms with E-state index in [2.05, 4.69) is 84.1 Å². The van der Waals surface area contributed by atoms with Crippen molar-refractivity contribution in [1.29, 1.82) is 0 Å². The summed E-state index contributed by atoms with van der Waals surface area (Å²) < 4.78 is 3.44. The van der Waals surface area contributed by atoms with Gasteiger partial charge in [0.05, 0.1) is 22.6 Å². The van der Waals surface area contributed by atoms with Gasteiger partial charge >= 0.3 is 0 Å². The van der Waals surface area contributed by atoms with Crippen LogP contribution in [0.15, 0.2) is 67.3 Å². The maximum Gasteiger partial charge on any atom is 0.124 e. The summed E-state index contributed by atoms with van der Waals surface area (Å²) in [4.78, 5) is 11.4. The van der Waals surface area contributed by atoms with Gasteiger partial charge in [-0.3, -0.25) is 0 Å². The highest BCUT2D eigenvalue weighted by Gasteiger charge is 2.25. The van der Waals surface area contributed by atoms with Crippen molar-refractivity contribution < 1.29 is 0 Å². The Morgan fingerprint density at radius 3 is 2.59 bits per heavy atom. The minimum Gasteiger partial charge on any atom is -0.328 e. The van der Waals surface area contributed by atoms with Crippen LogP contribution in [0, 0.1) is 0 Å². The third kappa shape index (κ3) is 3.53.